The Hall–Kier alpha value is -1.50. The van der Waals surface area contributed by atoms with Crippen molar-refractivity contribution in [1.82, 2.24) is 14.8 Å². The molecule has 0 unspecified atom stereocenters. The third kappa shape index (κ3) is 4.61. The van der Waals surface area contributed by atoms with E-state index in [9.17, 15) is 0 Å². The molecule has 0 bridgehead atoms. The van der Waals surface area contributed by atoms with Crippen LogP contribution in [0.4, 0.5) is 0 Å². The maximum atomic E-state index is 6.20. The van der Waals surface area contributed by atoms with Crippen LogP contribution in [0, 0.1) is 13.8 Å². The molecule has 1 heterocycles. The van der Waals surface area contributed by atoms with Crippen LogP contribution in [-0.2, 0) is 19.4 Å². The summed E-state index contributed by atoms with van der Waals surface area (Å²) in [5.74, 6) is 2.42. The highest BCUT2D eigenvalue weighted by atomic mass is 79.9. The van der Waals surface area contributed by atoms with Gasteiger partial charge in [0.1, 0.15) is 12.4 Å². The van der Waals surface area contributed by atoms with Crippen molar-refractivity contribution in [1.29, 1.82) is 0 Å². The first-order valence-corrected chi connectivity index (χ1v) is 10.2. The molecule has 3 rings (SSSR count). The van der Waals surface area contributed by atoms with Crippen molar-refractivity contribution in [3.63, 3.8) is 0 Å². The number of halogens is 2. The summed E-state index contributed by atoms with van der Waals surface area (Å²) in [6.07, 6.45) is 0. The van der Waals surface area contributed by atoms with Gasteiger partial charge in [0.2, 0.25) is 0 Å². The van der Waals surface area contributed by atoms with Crippen LogP contribution in [0.2, 0.25) is 5.02 Å². The quantitative estimate of drug-likeness (QED) is 0.448. The molecule has 136 valence electrons. The van der Waals surface area contributed by atoms with E-state index < -0.39 is 0 Å². The van der Waals surface area contributed by atoms with Crippen molar-refractivity contribution >= 4 is 39.3 Å². The molecule has 4 nitrogen and oxygen atoms in total. The van der Waals surface area contributed by atoms with Crippen LogP contribution in [0.1, 0.15) is 22.5 Å². The standard InChI is InChI=1S/C19H19BrClN3OS/c1-12-8-16(9-13(2)18(12)21)25-10-17-22-23-19(24(17)3)26-11-14-4-6-15(20)7-5-14/h4-9H,10-11H2,1-3H3. The number of thioether (sulfide) groups is 1. The Balaban J connectivity index is 1.62. The average molecular weight is 453 g/mol. The summed E-state index contributed by atoms with van der Waals surface area (Å²) < 4.78 is 8.93. The molecule has 0 fully saturated rings. The molecule has 0 N–H and O–H groups in total. The van der Waals surface area contributed by atoms with Gasteiger partial charge in [-0.2, -0.15) is 0 Å². The minimum atomic E-state index is 0.364. The Kier molecular flexibility index (Phi) is 6.27. The molecular formula is C19H19BrClN3OS. The molecule has 7 heteroatoms. The minimum Gasteiger partial charge on any atom is -0.486 e. The van der Waals surface area contributed by atoms with Gasteiger partial charge in [0, 0.05) is 22.3 Å². The van der Waals surface area contributed by atoms with Gasteiger partial charge in [-0.1, -0.05) is 51.4 Å². The van der Waals surface area contributed by atoms with Crippen LogP contribution in [0.15, 0.2) is 46.0 Å². The van der Waals surface area contributed by atoms with Crippen LogP contribution >= 0.6 is 39.3 Å². The Morgan fingerprint density at radius 2 is 1.77 bits per heavy atom. The lowest BCUT2D eigenvalue weighted by atomic mass is 10.1. The van der Waals surface area contributed by atoms with E-state index in [4.69, 9.17) is 16.3 Å². The fraction of sp³-hybridized carbons (Fsp3) is 0.263. The second-order valence-corrected chi connectivity index (χ2v) is 8.27. The maximum absolute atomic E-state index is 6.20. The summed E-state index contributed by atoms with van der Waals surface area (Å²) in [4.78, 5) is 0. The van der Waals surface area contributed by atoms with Gasteiger partial charge < -0.3 is 9.30 Å². The van der Waals surface area contributed by atoms with Crippen LogP contribution < -0.4 is 4.74 Å². The Morgan fingerprint density at radius 1 is 1.12 bits per heavy atom. The van der Waals surface area contributed by atoms with Crippen LogP contribution in [-0.4, -0.2) is 14.8 Å². The van der Waals surface area contributed by atoms with Gasteiger partial charge in [-0.25, -0.2) is 0 Å². The zero-order chi connectivity index (χ0) is 18.7. The summed E-state index contributed by atoms with van der Waals surface area (Å²) in [5, 5.41) is 10.2. The Bertz CT molecular complexity index is 889. The van der Waals surface area contributed by atoms with Crippen LogP contribution in [0.5, 0.6) is 5.75 Å². The summed E-state index contributed by atoms with van der Waals surface area (Å²) in [7, 11) is 1.96. The molecule has 0 aliphatic heterocycles. The average Bonchev–Trinajstić information content (AvgIpc) is 2.97. The van der Waals surface area contributed by atoms with Gasteiger partial charge in [-0.3, -0.25) is 0 Å². The second-order valence-electron chi connectivity index (χ2n) is 6.03. The summed E-state index contributed by atoms with van der Waals surface area (Å²) in [6, 6.07) is 12.2. The zero-order valence-corrected chi connectivity index (χ0v) is 18.0. The Labute approximate surface area is 171 Å². The van der Waals surface area contributed by atoms with Gasteiger partial charge >= 0.3 is 0 Å². The maximum Gasteiger partial charge on any atom is 0.191 e. The highest BCUT2D eigenvalue weighted by molar-refractivity contribution is 9.10. The first-order valence-electron chi connectivity index (χ1n) is 8.09. The molecule has 2 aromatic carbocycles. The highest BCUT2D eigenvalue weighted by Crippen LogP contribution is 2.27. The molecule has 26 heavy (non-hydrogen) atoms. The van der Waals surface area contributed by atoms with Crippen molar-refractivity contribution < 1.29 is 4.74 Å². The lowest BCUT2D eigenvalue weighted by molar-refractivity contribution is 0.290. The third-order valence-corrected chi connectivity index (χ3v) is 6.20. The van der Waals surface area contributed by atoms with Crippen LogP contribution in [0.25, 0.3) is 0 Å². The number of hydrogen-bond donors (Lipinski definition) is 0. The number of ether oxygens (including phenoxy) is 1. The molecule has 1 aromatic heterocycles. The van der Waals surface area contributed by atoms with Crippen LogP contribution in [0.3, 0.4) is 0 Å². The number of nitrogens with zero attached hydrogens (tertiary/aromatic N) is 3. The molecule has 3 aromatic rings. The molecular weight excluding hydrogens is 434 g/mol. The molecule has 0 spiro atoms. The fourth-order valence-corrected chi connectivity index (χ4v) is 3.72. The normalized spacial score (nSPS) is 11.0. The smallest absolute Gasteiger partial charge is 0.191 e. The monoisotopic (exact) mass is 451 g/mol. The van der Waals surface area contributed by atoms with Crippen molar-refractivity contribution in [3.8, 4) is 5.75 Å². The summed E-state index contributed by atoms with van der Waals surface area (Å²) in [5.41, 5.74) is 3.25. The first kappa shape index (κ1) is 19.3. The number of aromatic nitrogens is 3. The summed E-state index contributed by atoms with van der Waals surface area (Å²) >= 11 is 11.3. The topological polar surface area (TPSA) is 39.9 Å². The van der Waals surface area contributed by atoms with Crippen molar-refractivity contribution in [3.05, 3.63) is 68.4 Å². The van der Waals surface area contributed by atoms with Crippen molar-refractivity contribution in [2.45, 2.75) is 31.4 Å². The van der Waals surface area contributed by atoms with E-state index in [1.165, 1.54) is 5.56 Å². The largest absolute Gasteiger partial charge is 0.486 e. The predicted octanol–water partition coefficient (Wildman–Crippen LogP) is 5.72. The molecule has 0 atom stereocenters. The number of hydrogen-bond acceptors (Lipinski definition) is 4. The third-order valence-electron chi connectivity index (χ3n) is 3.98. The molecule has 0 amide bonds. The van der Waals surface area contributed by atoms with E-state index in [0.29, 0.717) is 6.61 Å². The van der Waals surface area contributed by atoms with E-state index in [1.807, 2.05) is 49.7 Å². The SMILES string of the molecule is Cc1cc(OCc2nnc(SCc3ccc(Br)cc3)n2C)cc(C)c1Cl. The Morgan fingerprint density at radius 3 is 2.42 bits per heavy atom. The zero-order valence-electron chi connectivity index (χ0n) is 14.8. The molecule has 0 saturated heterocycles. The van der Waals surface area contributed by atoms with Gasteiger partial charge in [-0.15, -0.1) is 10.2 Å². The van der Waals surface area contributed by atoms with E-state index in [1.54, 1.807) is 11.8 Å². The van der Waals surface area contributed by atoms with E-state index in [2.05, 4.69) is 38.3 Å². The van der Waals surface area contributed by atoms with Gasteiger partial charge in [0.25, 0.3) is 0 Å². The van der Waals surface area contributed by atoms with Crippen molar-refractivity contribution in [2.75, 3.05) is 0 Å². The van der Waals surface area contributed by atoms with Gasteiger partial charge in [-0.05, 0) is 54.8 Å². The lowest BCUT2D eigenvalue weighted by Gasteiger charge is -2.10. The highest BCUT2D eigenvalue weighted by Gasteiger charge is 2.11. The van der Waals surface area contributed by atoms with E-state index >= 15 is 0 Å². The van der Waals surface area contributed by atoms with Gasteiger partial charge in [0.15, 0.2) is 11.0 Å². The molecule has 0 aliphatic carbocycles. The second kappa shape index (κ2) is 8.46. The summed E-state index contributed by atoms with van der Waals surface area (Å²) in [6.45, 7) is 4.31. The predicted molar refractivity (Wildman–Crippen MR) is 110 cm³/mol. The lowest BCUT2D eigenvalue weighted by Crippen LogP contribution is -2.04. The van der Waals surface area contributed by atoms with E-state index in [0.717, 1.165) is 43.1 Å². The molecule has 0 radical (unpaired) electrons. The number of rotatable bonds is 6. The molecule has 0 aliphatic rings. The fourth-order valence-electron chi connectivity index (χ4n) is 2.46. The first-order chi connectivity index (χ1) is 12.4. The number of aryl methyl sites for hydroxylation is 2. The van der Waals surface area contributed by atoms with Gasteiger partial charge in [0.05, 0.1) is 0 Å². The van der Waals surface area contributed by atoms with E-state index in [-0.39, 0.29) is 0 Å². The number of benzene rings is 2. The van der Waals surface area contributed by atoms with Crippen molar-refractivity contribution in [2.24, 2.45) is 7.05 Å². The molecule has 0 saturated carbocycles. The minimum absolute atomic E-state index is 0.364.